The smallest absolute Gasteiger partial charge is 0.122 e. The van der Waals surface area contributed by atoms with E-state index in [9.17, 15) is 0 Å². The first-order chi connectivity index (χ1) is 13.8. The van der Waals surface area contributed by atoms with Crippen LogP contribution in [0.2, 0.25) is 0 Å². The Labute approximate surface area is 200 Å². The fraction of sp³-hybridized carbons (Fsp3) is 0.520. The van der Waals surface area contributed by atoms with E-state index in [1.807, 2.05) is 0 Å². The maximum atomic E-state index is 5.64. The Morgan fingerprint density at radius 3 is 2.10 bits per heavy atom. The standard InChI is InChI=1S/C25H34N2O.2ClH.H2O/c1-28-25-15-9-8-12-22(25)20-24(21-10-4-2-5-11-21)27-18-16-26(17-19-27)23-13-6-3-7-14-23;;;/h2,4-5,8-12,15,23-24H,3,6-7,13-14,16-20H2,1H3;2*1H;1H2. The summed E-state index contributed by atoms with van der Waals surface area (Å²) in [5.74, 6) is 1.00. The lowest BCUT2D eigenvalue weighted by atomic mass is 9.93. The van der Waals surface area contributed by atoms with Crippen LogP contribution in [0.1, 0.15) is 49.3 Å². The molecule has 1 unspecified atom stereocenters. The summed E-state index contributed by atoms with van der Waals surface area (Å²) in [6.45, 7) is 4.73. The largest absolute Gasteiger partial charge is 0.496 e. The molecule has 0 spiro atoms. The highest BCUT2D eigenvalue weighted by molar-refractivity contribution is 5.85. The van der Waals surface area contributed by atoms with Crippen molar-refractivity contribution in [3.63, 3.8) is 0 Å². The van der Waals surface area contributed by atoms with Gasteiger partial charge in [-0.05, 0) is 36.5 Å². The fourth-order valence-corrected chi connectivity index (χ4v) is 5.07. The lowest BCUT2D eigenvalue weighted by Crippen LogP contribution is -2.51. The molecule has 0 bridgehead atoms. The molecular weight excluding hydrogens is 431 g/mol. The van der Waals surface area contributed by atoms with E-state index in [2.05, 4.69) is 64.4 Å². The third kappa shape index (κ3) is 7.10. The number of hydrogen-bond donors (Lipinski definition) is 0. The molecule has 6 heteroatoms. The van der Waals surface area contributed by atoms with Gasteiger partial charge in [-0.3, -0.25) is 9.80 Å². The van der Waals surface area contributed by atoms with Gasteiger partial charge in [0.05, 0.1) is 7.11 Å². The molecule has 2 fully saturated rings. The van der Waals surface area contributed by atoms with Crippen LogP contribution in [-0.2, 0) is 6.42 Å². The molecular formula is C25H38Cl2N2O2. The molecule has 2 N–H and O–H groups in total. The molecule has 0 aromatic heterocycles. The lowest BCUT2D eigenvalue weighted by Gasteiger charge is -2.43. The van der Waals surface area contributed by atoms with Crippen LogP contribution in [-0.4, -0.2) is 54.6 Å². The minimum absolute atomic E-state index is 0. The Hall–Kier alpha value is -1.30. The number of ether oxygens (including phenoxy) is 1. The Bertz CT molecular complexity index is 733. The summed E-state index contributed by atoms with van der Waals surface area (Å²) in [5, 5.41) is 0. The van der Waals surface area contributed by atoms with Crippen molar-refractivity contribution in [3.05, 3.63) is 65.7 Å². The van der Waals surface area contributed by atoms with Gasteiger partial charge >= 0.3 is 0 Å². The molecule has 1 saturated heterocycles. The second kappa shape index (κ2) is 14.0. The molecule has 31 heavy (non-hydrogen) atoms. The molecule has 2 aromatic carbocycles. The Morgan fingerprint density at radius 2 is 1.45 bits per heavy atom. The normalized spacial score (nSPS) is 18.7. The van der Waals surface area contributed by atoms with Crippen LogP contribution in [0.4, 0.5) is 0 Å². The van der Waals surface area contributed by atoms with Gasteiger partial charge in [0, 0.05) is 38.3 Å². The van der Waals surface area contributed by atoms with E-state index in [1.54, 1.807) is 7.11 Å². The van der Waals surface area contributed by atoms with E-state index in [0.29, 0.717) is 6.04 Å². The topological polar surface area (TPSA) is 47.2 Å². The monoisotopic (exact) mass is 468 g/mol. The van der Waals surface area contributed by atoms with Crippen LogP contribution in [0.15, 0.2) is 54.6 Å². The molecule has 2 aromatic rings. The zero-order valence-electron chi connectivity index (χ0n) is 18.5. The molecule has 1 aliphatic carbocycles. The Balaban J connectivity index is 0.00000160. The molecule has 2 aliphatic rings. The minimum atomic E-state index is 0. The minimum Gasteiger partial charge on any atom is -0.496 e. The number of nitrogens with zero attached hydrogens (tertiary/aromatic N) is 2. The zero-order chi connectivity index (χ0) is 19.2. The summed E-state index contributed by atoms with van der Waals surface area (Å²) in [4.78, 5) is 5.46. The van der Waals surface area contributed by atoms with Gasteiger partial charge in [0.1, 0.15) is 5.75 Å². The molecule has 4 nitrogen and oxygen atoms in total. The first kappa shape index (κ1) is 27.7. The average Bonchev–Trinajstić information content (AvgIpc) is 2.79. The van der Waals surface area contributed by atoms with Crippen LogP contribution >= 0.6 is 24.8 Å². The van der Waals surface area contributed by atoms with Crippen molar-refractivity contribution in [1.82, 2.24) is 9.80 Å². The molecule has 4 rings (SSSR count). The van der Waals surface area contributed by atoms with Crippen molar-refractivity contribution in [2.45, 2.75) is 50.6 Å². The highest BCUT2D eigenvalue weighted by Crippen LogP contribution is 2.31. The summed E-state index contributed by atoms with van der Waals surface area (Å²) in [6, 6.07) is 20.7. The lowest BCUT2D eigenvalue weighted by molar-refractivity contribution is 0.0558. The van der Waals surface area contributed by atoms with Gasteiger partial charge in [0.15, 0.2) is 0 Å². The zero-order valence-corrected chi connectivity index (χ0v) is 20.2. The van der Waals surface area contributed by atoms with E-state index in [-0.39, 0.29) is 30.3 Å². The van der Waals surface area contributed by atoms with Crippen molar-refractivity contribution < 1.29 is 10.2 Å². The predicted octanol–water partition coefficient (Wildman–Crippen LogP) is 4.95. The quantitative estimate of drug-likeness (QED) is 0.602. The van der Waals surface area contributed by atoms with Crippen molar-refractivity contribution >= 4 is 24.8 Å². The van der Waals surface area contributed by atoms with Gasteiger partial charge in [-0.25, -0.2) is 0 Å². The van der Waals surface area contributed by atoms with E-state index in [1.165, 1.54) is 56.3 Å². The molecule has 0 amide bonds. The van der Waals surface area contributed by atoms with Gasteiger partial charge in [-0.1, -0.05) is 67.8 Å². The van der Waals surface area contributed by atoms with Crippen LogP contribution in [0.25, 0.3) is 0 Å². The summed E-state index contributed by atoms with van der Waals surface area (Å²) in [6.07, 6.45) is 8.09. The average molecular weight is 469 g/mol. The van der Waals surface area contributed by atoms with Crippen molar-refractivity contribution in [3.8, 4) is 5.75 Å². The molecule has 1 atom stereocenters. The predicted molar refractivity (Wildman–Crippen MR) is 134 cm³/mol. The maximum Gasteiger partial charge on any atom is 0.122 e. The van der Waals surface area contributed by atoms with Crippen molar-refractivity contribution in [2.75, 3.05) is 33.3 Å². The Kier molecular flexibility index (Phi) is 12.5. The SMILES string of the molecule is COc1ccccc1CC(c1ccccc1)N1CCN(C2CCCCC2)CC1.Cl.Cl.O. The van der Waals surface area contributed by atoms with Gasteiger partial charge in [-0.15, -0.1) is 24.8 Å². The first-order valence-corrected chi connectivity index (χ1v) is 11.0. The number of piperazine rings is 1. The molecule has 0 radical (unpaired) electrons. The third-order valence-corrected chi connectivity index (χ3v) is 6.67. The fourth-order valence-electron chi connectivity index (χ4n) is 5.07. The third-order valence-electron chi connectivity index (χ3n) is 6.67. The number of hydrogen-bond acceptors (Lipinski definition) is 3. The summed E-state index contributed by atoms with van der Waals surface area (Å²) < 4.78 is 5.64. The number of benzene rings is 2. The van der Waals surface area contributed by atoms with E-state index in [4.69, 9.17) is 4.74 Å². The highest BCUT2D eigenvalue weighted by Gasteiger charge is 2.29. The van der Waals surface area contributed by atoms with Gasteiger partial charge in [0.25, 0.3) is 0 Å². The number of halogens is 2. The van der Waals surface area contributed by atoms with Crippen molar-refractivity contribution in [1.29, 1.82) is 0 Å². The van der Waals surface area contributed by atoms with Crippen LogP contribution < -0.4 is 4.74 Å². The van der Waals surface area contributed by atoms with E-state index in [0.717, 1.165) is 31.3 Å². The molecule has 1 saturated carbocycles. The van der Waals surface area contributed by atoms with Crippen LogP contribution in [0, 0.1) is 0 Å². The summed E-state index contributed by atoms with van der Waals surface area (Å²) in [5.41, 5.74) is 2.72. The second-order valence-electron chi connectivity index (χ2n) is 8.31. The number of para-hydroxylation sites is 1. The van der Waals surface area contributed by atoms with Gasteiger partial charge < -0.3 is 10.2 Å². The summed E-state index contributed by atoms with van der Waals surface area (Å²) >= 11 is 0. The first-order valence-electron chi connectivity index (χ1n) is 11.0. The molecule has 1 heterocycles. The van der Waals surface area contributed by atoms with Crippen molar-refractivity contribution in [2.24, 2.45) is 0 Å². The van der Waals surface area contributed by atoms with E-state index < -0.39 is 0 Å². The maximum absolute atomic E-state index is 5.64. The molecule has 1 aliphatic heterocycles. The van der Waals surface area contributed by atoms with E-state index >= 15 is 0 Å². The number of rotatable bonds is 6. The summed E-state index contributed by atoms with van der Waals surface area (Å²) in [7, 11) is 1.78. The van der Waals surface area contributed by atoms with Crippen LogP contribution in [0.5, 0.6) is 5.75 Å². The number of methoxy groups -OCH3 is 1. The van der Waals surface area contributed by atoms with Gasteiger partial charge in [0.2, 0.25) is 0 Å². The van der Waals surface area contributed by atoms with Gasteiger partial charge in [-0.2, -0.15) is 0 Å². The second-order valence-corrected chi connectivity index (χ2v) is 8.31. The highest BCUT2D eigenvalue weighted by atomic mass is 35.5. The molecule has 174 valence electrons. The Morgan fingerprint density at radius 1 is 0.839 bits per heavy atom. The van der Waals surface area contributed by atoms with Crippen LogP contribution in [0.3, 0.4) is 0 Å².